The Balaban J connectivity index is 2.30. The molecule has 3 nitrogen and oxygen atoms in total. The topological polar surface area (TPSA) is 35.3 Å². The molecule has 0 fully saturated rings. The van der Waals surface area contributed by atoms with Crippen LogP contribution < -0.4 is 0 Å². The van der Waals surface area contributed by atoms with E-state index < -0.39 is 0 Å². The largest absolute Gasteiger partial charge is 0.501 e. The number of hydrogen-bond donors (Lipinski definition) is 0. The third-order valence-electron chi connectivity index (χ3n) is 2.56. The van der Waals surface area contributed by atoms with Crippen LogP contribution in [0.5, 0.6) is 0 Å². The van der Waals surface area contributed by atoms with Crippen LogP contribution in [0.3, 0.4) is 0 Å². The maximum absolute atomic E-state index is 5.21. The van der Waals surface area contributed by atoms with Gasteiger partial charge in [-0.05, 0) is 42.7 Å². The molecule has 2 rings (SSSR count). The fraction of sp³-hybridized carbons (Fsp3) is 0.214. The molecule has 0 aliphatic heterocycles. The highest BCUT2D eigenvalue weighted by Crippen LogP contribution is 2.22. The van der Waals surface area contributed by atoms with Gasteiger partial charge in [-0.25, -0.2) is 0 Å². The van der Waals surface area contributed by atoms with Crippen molar-refractivity contribution in [2.24, 2.45) is 0 Å². The molecule has 0 N–H and O–H groups in total. The number of aromatic nitrogens is 1. The summed E-state index contributed by atoms with van der Waals surface area (Å²) in [5.41, 5.74) is 4.42. The van der Waals surface area contributed by atoms with Crippen LogP contribution in [0.15, 0.2) is 41.4 Å². The minimum atomic E-state index is 0.681. The predicted molar refractivity (Wildman–Crippen MR) is 67.3 cm³/mol. The maximum atomic E-state index is 5.21. The summed E-state index contributed by atoms with van der Waals surface area (Å²) in [4.78, 5) is 0. The van der Waals surface area contributed by atoms with Crippen molar-refractivity contribution in [3.05, 3.63) is 48.0 Å². The number of benzene rings is 1. The zero-order valence-electron chi connectivity index (χ0n) is 10.0. The van der Waals surface area contributed by atoms with Crippen LogP contribution in [0.1, 0.15) is 18.1 Å². The van der Waals surface area contributed by atoms with Crippen molar-refractivity contribution in [1.29, 1.82) is 0 Å². The molecule has 0 saturated heterocycles. The van der Waals surface area contributed by atoms with Crippen molar-refractivity contribution in [3.8, 4) is 11.1 Å². The summed E-state index contributed by atoms with van der Waals surface area (Å²) >= 11 is 0. The van der Waals surface area contributed by atoms with Crippen molar-refractivity contribution in [3.63, 3.8) is 0 Å². The lowest BCUT2D eigenvalue weighted by atomic mass is 10.0. The molecule has 17 heavy (non-hydrogen) atoms. The molecule has 88 valence electrons. The van der Waals surface area contributed by atoms with E-state index in [1.165, 1.54) is 5.56 Å². The van der Waals surface area contributed by atoms with Crippen molar-refractivity contribution >= 4 is 6.08 Å². The fourth-order valence-corrected chi connectivity index (χ4v) is 1.56. The average Bonchev–Trinajstić information content (AvgIpc) is 2.85. The molecule has 0 atom stereocenters. The zero-order chi connectivity index (χ0) is 12.1. The lowest BCUT2D eigenvalue weighted by Crippen LogP contribution is -1.84. The monoisotopic (exact) mass is 229 g/mol. The van der Waals surface area contributed by atoms with Crippen molar-refractivity contribution < 1.29 is 9.26 Å². The number of rotatable bonds is 4. The lowest BCUT2D eigenvalue weighted by Gasteiger charge is -2.03. The molecular formula is C14H15NO2. The van der Waals surface area contributed by atoms with Crippen LogP contribution >= 0.6 is 0 Å². The molecule has 3 heteroatoms. The van der Waals surface area contributed by atoms with Crippen LogP contribution in [-0.2, 0) is 4.74 Å². The summed E-state index contributed by atoms with van der Waals surface area (Å²) < 4.78 is 10.1. The molecule has 2 aromatic rings. The van der Waals surface area contributed by atoms with Gasteiger partial charge in [0.1, 0.15) is 6.26 Å². The molecule has 1 heterocycles. The van der Waals surface area contributed by atoms with E-state index in [0.29, 0.717) is 6.61 Å². The number of hydrogen-bond acceptors (Lipinski definition) is 3. The summed E-state index contributed by atoms with van der Waals surface area (Å²) in [7, 11) is 0. The van der Waals surface area contributed by atoms with Gasteiger partial charge in [0.05, 0.1) is 19.1 Å². The first-order valence-corrected chi connectivity index (χ1v) is 5.60. The Morgan fingerprint density at radius 2 is 2.24 bits per heavy atom. The van der Waals surface area contributed by atoms with E-state index in [-0.39, 0.29) is 0 Å². The van der Waals surface area contributed by atoms with E-state index in [1.807, 2.05) is 13.0 Å². The lowest BCUT2D eigenvalue weighted by molar-refractivity contribution is 0.272. The van der Waals surface area contributed by atoms with E-state index in [1.54, 1.807) is 18.7 Å². The molecule has 1 aromatic carbocycles. The molecule has 0 bridgehead atoms. The SMILES string of the molecule is CCO/C=C/c1cc(-c2cnoc2)ccc1C. The molecule has 0 aliphatic rings. The third-order valence-corrected chi connectivity index (χ3v) is 2.56. The zero-order valence-corrected chi connectivity index (χ0v) is 10.0. The summed E-state index contributed by atoms with van der Waals surface area (Å²) in [6.45, 7) is 4.72. The second-order valence-electron chi connectivity index (χ2n) is 3.74. The van der Waals surface area contributed by atoms with E-state index >= 15 is 0 Å². The van der Waals surface area contributed by atoms with Crippen molar-refractivity contribution in [2.75, 3.05) is 6.61 Å². The van der Waals surface area contributed by atoms with Crippen molar-refractivity contribution in [1.82, 2.24) is 5.16 Å². The number of aryl methyl sites for hydroxylation is 1. The Hall–Kier alpha value is -2.03. The van der Waals surface area contributed by atoms with Crippen LogP contribution in [-0.4, -0.2) is 11.8 Å². The highest BCUT2D eigenvalue weighted by Gasteiger charge is 2.02. The standard InChI is InChI=1S/C14H15NO2/c1-3-16-7-6-12-8-13(5-4-11(12)2)14-9-15-17-10-14/h4-10H,3H2,1-2H3/b7-6+. The molecule has 0 radical (unpaired) electrons. The molecular weight excluding hydrogens is 214 g/mol. The van der Waals surface area contributed by atoms with Gasteiger partial charge in [-0.2, -0.15) is 0 Å². The summed E-state index contributed by atoms with van der Waals surface area (Å²) in [5, 5.41) is 3.71. The molecule has 0 aliphatic carbocycles. The van der Waals surface area contributed by atoms with Gasteiger partial charge < -0.3 is 9.26 Å². The van der Waals surface area contributed by atoms with E-state index in [2.05, 4.69) is 30.3 Å². The highest BCUT2D eigenvalue weighted by atomic mass is 16.5. The Morgan fingerprint density at radius 3 is 2.94 bits per heavy atom. The minimum Gasteiger partial charge on any atom is -0.501 e. The molecule has 0 amide bonds. The van der Waals surface area contributed by atoms with Gasteiger partial charge in [-0.3, -0.25) is 0 Å². The summed E-state index contributed by atoms with van der Waals surface area (Å²) in [6, 6.07) is 6.23. The summed E-state index contributed by atoms with van der Waals surface area (Å²) in [5.74, 6) is 0. The average molecular weight is 229 g/mol. The number of ether oxygens (including phenoxy) is 1. The predicted octanol–water partition coefficient (Wildman–Crippen LogP) is 3.66. The first-order chi connectivity index (χ1) is 8.31. The van der Waals surface area contributed by atoms with Crippen LogP contribution in [0, 0.1) is 6.92 Å². The van der Waals surface area contributed by atoms with Crippen LogP contribution in [0.2, 0.25) is 0 Å². The molecule has 0 unspecified atom stereocenters. The quantitative estimate of drug-likeness (QED) is 0.750. The van der Waals surface area contributed by atoms with Crippen LogP contribution in [0.25, 0.3) is 17.2 Å². The first-order valence-electron chi connectivity index (χ1n) is 5.60. The maximum Gasteiger partial charge on any atom is 0.131 e. The third kappa shape index (κ3) is 2.75. The smallest absolute Gasteiger partial charge is 0.131 e. The van der Waals surface area contributed by atoms with Gasteiger partial charge in [0.2, 0.25) is 0 Å². The van der Waals surface area contributed by atoms with E-state index in [0.717, 1.165) is 16.7 Å². The van der Waals surface area contributed by atoms with Crippen LogP contribution in [0.4, 0.5) is 0 Å². The van der Waals surface area contributed by atoms with Gasteiger partial charge in [0.15, 0.2) is 0 Å². The Bertz CT molecular complexity index is 501. The molecule has 1 aromatic heterocycles. The van der Waals surface area contributed by atoms with E-state index in [9.17, 15) is 0 Å². The van der Waals surface area contributed by atoms with Gasteiger partial charge >= 0.3 is 0 Å². The second kappa shape index (κ2) is 5.34. The van der Waals surface area contributed by atoms with Gasteiger partial charge in [0, 0.05) is 5.56 Å². The van der Waals surface area contributed by atoms with Gasteiger partial charge in [-0.1, -0.05) is 17.3 Å². The Morgan fingerprint density at radius 1 is 1.35 bits per heavy atom. The fourth-order valence-electron chi connectivity index (χ4n) is 1.56. The van der Waals surface area contributed by atoms with Gasteiger partial charge in [0.25, 0.3) is 0 Å². The second-order valence-corrected chi connectivity index (χ2v) is 3.74. The normalized spacial score (nSPS) is 10.9. The van der Waals surface area contributed by atoms with Gasteiger partial charge in [-0.15, -0.1) is 0 Å². The van der Waals surface area contributed by atoms with E-state index in [4.69, 9.17) is 9.26 Å². The Kier molecular flexibility index (Phi) is 3.60. The van der Waals surface area contributed by atoms with Crippen molar-refractivity contribution in [2.45, 2.75) is 13.8 Å². The molecule has 0 saturated carbocycles. The number of nitrogens with zero attached hydrogens (tertiary/aromatic N) is 1. The Labute approximate surface area is 101 Å². The summed E-state index contributed by atoms with van der Waals surface area (Å²) in [6.07, 6.45) is 7.04. The first kappa shape index (κ1) is 11.5. The minimum absolute atomic E-state index is 0.681. The molecule has 0 spiro atoms. The highest BCUT2D eigenvalue weighted by molar-refractivity contribution is 5.67.